The third-order valence-electron chi connectivity index (χ3n) is 3.91. The maximum Gasteiger partial charge on any atom is 0.233 e. The summed E-state index contributed by atoms with van der Waals surface area (Å²) in [6, 6.07) is 5.53. The number of rotatable bonds is 4. The molecule has 0 N–H and O–H groups in total. The lowest BCUT2D eigenvalue weighted by Gasteiger charge is -2.23. The van der Waals surface area contributed by atoms with Crippen molar-refractivity contribution < 1.29 is 4.79 Å². The molecule has 20 heavy (non-hydrogen) atoms. The van der Waals surface area contributed by atoms with Crippen LogP contribution in [0.1, 0.15) is 12.0 Å². The van der Waals surface area contributed by atoms with E-state index in [4.69, 9.17) is 23.2 Å². The van der Waals surface area contributed by atoms with E-state index in [0.717, 1.165) is 18.5 Å². The van der Waals surface area contributed by atoms with Gasteiger partial charge in [0, 0.05) is 20.6 Å². The lowest BCUT2D eigenvalue weighted by molar-refractivity contribution is -0.131. The number of halogens is 2. The van der Waals surface area contributed by atoms with Gasteiger partial charge in [0.1, 0.15) is 0 Å². The van der Waals surface area contributed by atoms with Crippen molar-refractivity contribution in [2.75, 3.05) is 34.7 Å². The van der Waals surface area contributed by atoms with Crippen molar-refractivity contribution >= 4 is 29.1 Å². The van der Waals surface area contributed by atoms with Crippen molar-refractivity contribution in [2.24, 2.45) is 5.92 Å². The molecule has 0 bridgehead atoms. The average molecular weight is 315 g/mol. The van der Waals surface area contributed by atoms with E-state index in [1.54, 1.807) is 25.1 Å². The summed E-state index contributed by atoms with van der Waals surface area (Å²) < 4.78 is 0. The second kappa shape index (κ2) is 5.55. The number of hydrogen-bond donors (Lipinski definition) is 0. The van der Waals surface area contributed by atoms with Crippen LogP contribution in [0.5, 0.6) is 0 Å². The van der Waals surface area contributed by atoms with Gasteiger partial charge in [0.15, 0.2) is 0 Å². The first kappa shape index (κ1) is 15.6. The number of carbonyl (C=O) groups is 1. The normalized spacial score (nSPS) is 24.9. The molecule has 0 heterocycles. The number of likely N-dealkylation sites (N-methyl/N-ethyl adjacent to an activating group) is 1. The van der Waals surface area contributed by atoms with Gasteiger partial charge >= 0.3 is 0 Å². The van der Waals surface area contributed by atoms with Gasteiger partial charge in [-0.1, -0.05) is 29.3 Å². The van der Waals surface area contributed by atoms with Gasteiger partial charge in [0.25, 0.3) is 0 Å². The molecule has 0 radical (unpaired) electrons. The van der Waals surface area contributed by atoms with Crippen LogP contribution in [0.25, 0.3) is 0 Å². The van der Waals surface area contributed by atoms with Crippen LogP contribution in [-0.2, 0) is 10.2 Å². The van der Waals surface area contributed by atoms with Crippen molar-refractivity contribution in [2.45, 2.75) is 11.8 Å². The summed E-state index contributed by atoms with van der Waals surface area (Å²) in [5.74, 6) is 0.465. The lowest BCUT2D eigenvalue weighted by Crippen LogP contribution is -2.36. The van der Waals surface area contributed by atoms with Crippen LogP contribution in [0, 0.1) is 5.92 Å². The number of nitrogens with zero attached hydrogens (tertiary/aromatic N) is 2. The molecule has 0 aromatic heterocycles. The van der Waals surface area contributed by atoms with Gasteiger partial charge in [-0.2, -0.15) is 0 Å². The summed E-state index contributed by atoms with van der Waals surface area (Å²) in [4.78, 5) is 16.4. The van der Waals surface area contributed by atoms with Gasteiger partial charge in [-0.3, -0.25) is 4.79 Å². The van der Waals surface area contributed by atoms with E-state index in [1.807, 2.05) is 26.2 Å². The molecule has 1 aliphatic carbocycles. The van der Waals surface area contributed by atoms with Crippen LogP contribution in [-0.4, -0.2) is 50.4 Å². The van der Waals surface area contributed by atoms with Crippen molar-refractivity contribution in [1.82, 2.24) is 9.80 Å². The number of hydrogen-bond acceptors (Lipinski definition) is 2. The van der Waals surface area contributed by atoms with Crippen LogP contribution >= 0.6 is 23.2 Å². The van der Waals surface area contributed by atoms with Gasteiger partial charge < -0.3 is 9.80 Å². The Hall–Kier alpha value is -0.770. The highest BCUT2D eigenvalue weighted by atomic mass is 35.5. The zero-order valence-electron chi connectivity index (χ0n) is 12.3. The maximum absolute atomic E-state index is 12.6. The van der Waals surface area contributed by atoms with Crippen LogP contribution in [0.2, 0.25) is 10.0 Å². The first-order valence-electron chi connectivity index (χ1n) is 6.61. The molecule has 0 aliphatic heterocycles. The average Bonchev–Trinajstić information content (AvgIpc) is 3.05. The second-order valence-electron chi connectivity index (χ2n) is 5.96. The zero-order chi connectivity index (χ0) is 15.1. The van der Waals surface area contributed by atoms with Crippen LogP contribution in [0.3, 0.4) is 0 Å². The standard InChI is InChI=1S/C15H20Cl2N2O/c1-18(2)9-11-8-15(11,14(20)19(3)4)10-5-6-12(16)13(17)7-10/h5-7,11H,8-9H2,1-4H3/t11-,15+/m1/s1. The molecule has 1 aliphatic rings. The Kier molecular flexibility index (Phi) is 4.33. The third-order valence-corrected chi connectivity index (χ3v) is 4.65. The van der Waals surface area contributed by atoms with Crippen molar-refractivity contribution in [3.8, 4) is 0 Å². The Morgan fingerprint density at radius 2 is 1.90 bits per heavy atom. The molecule has 0 unspecified atom stereocenters. The SMILES string of the molecule is CN(C)C[C@H]1C[C@]1(C(=O)N(C)C)c1ccc(Cl)c(Cl)c1. The van der Waals surface area contributed by atoms with Gasteiger partial charge in [0.2, 0.25) is 5.91 Å². The predicted molar refractivity (Wildman–Crippen MR) is 83.5 cm³/mol. The van der Waals surface area contributed by atoms with Gasteiger partial charge in [0.05, 0.1) is 15.5 Å². The highest BCUT2D eigenvalue weighted by Gasteiger charge is 2.61. The van der Waals surface area contributed by atoms with E-state index in [0.29, 0.717) is 16.0 Å². The fraction of sp³-hybridized carbons (Fsp3) is 0.533. The Morgan fingerprint density at radius 1 is 1.25 bits per heavy atom. The smallest absolute Gasteiger partial charge is 0.233 e. The molecular weight excluding hydrogens is 295 g/mol. The Balaban J connectivity index is 2.38. The van der Waals surface area contributed by atoms with Crippen LogP contribution in [0.4, 0.5) is 0 Å². The molecule has 0 spiro atoms. The summed E-state index contributed by atoms with van der Waals surface area (Å²) in [6.45, 7) is 0.889. The second-order valence-corrected chi connectivity index (χ2v) is 6.78. The largest absolute Gasteiger partial charge is 0.348 e. The molecule has 110 valence electrons. The summed E-state index contributed by atoms with van der Waals surface area (Å²) in [7, 11) is 7.65. The fourth-order valence-electron chi connectivity index (χ4n) is 2.90. The van der Waals surface area contributed by atoms with Crippen molar-refractivity contribution in [3.63, 3.8) is 0 Å². The van der Waals surface area contributed by atoms with Crippen molar-refractivity contribution in [1.29, 1.82) is 0 Å². The molecular formula is C15H20Cl2N2O. The zero-order valence-corrected chi connectivity index (χ0v) is 13.8. The summed E-state index contributed by atoms with van der Waals surface area (Å²) in [5, 5.41) is 1.03. The molecule has 2 rings (SSSR count). The van der Waals surface area contributed by atoms with E-state index in [2.05, 4.69) is 4.90 Å². The maximum atomic E-state index is 12.6. The quantitative estimate of drug-likeness (QED) is 0.853. The molecule has 5 heteroatoms. The summed E-state index contributed by atoms with van der Waals surface area (Å²) >= 11 is 12.1. The third kappa shape index (κ3) is 2.67. The highest BCUT2D eigenvalue weighted by molar-refractivity contribution is 6.42. The lowest BCUT2D eigenvalue weighted by atomic mass is 9.91. The summed E-state index contributed by atoms with van der Waals surface area (Å²) in [6.07, 6.45) is 0.861. The van der Waals surface area contributed by atoms with E-state index in [1.165, 1.54) is 0 Å². The molecule has 1 aromatic rings. The first-order chi connectivity index (χ1) is 9.29. The molecule has 1 fully saturated rings. The van der Waals surface area contributed by atoms with E-state index >= 15 is 0 Å². The van der Waals surface area contributed by atoms with Gasteiger partial charge in [-0.05, 0) is 44.1 Å². The van der Waals surface area contributed by atoms with Crippen molar-refractivity contribution in [3.05, 3.63) is 33.8 Å². The minimum atomic E-state index is -0.442. The molecule has 1 aromatic carbocycles. The highest BCUT2D eigenvalue weighted by Crippen LogP contribution is 2.56. The summed E-state index contributed by atoms with van der Waals surface area (Å²) in [5.41, 5.74) is 0.527. The van der Waals surface area contributed by atoms with Crippen LogP contribution < -0.4 is 0 Å². The first-order valence-corrected chi connectivity index (χ1v) is 7.36. The predicted octanol–water partition coefficient (Wildman–Crippen LogP) is 2.90. The minimum absolute atomic E-state index is 0.141. The van der Waals surface area contributed by atoms with E-state index in [9.17, 15) is 4.79 Å². The monoisotopic (exact) mass is 314 g/mol. The van der Waals surface area contributed by atoms with Crippen LogP contribution in [0.15, 0.2) is 18.2 Å². The minimum Gasteiger partial charge on any atom is -0.348 e. The topological polar surface area (TPSA) is 23.6 Å². The fourth-order valence-corrected chi connectivity index (χ4v) is 3.20. The Labute approximate surface area is 130 Å². The van der Waals surface area contributed by atoms with Gasteiger partial charge in [-0.15, -0.1) is 0 Å². The molecule has 0 saturated heterocycles. The molecule has 1 amide bonds. The number of benzene rings is 1. The molecule has 1 saturated carbocycles. The number of amides is 1. The Bertz CT molecular complexity index is 531. The molecule has 3 nitrogen and oxygen atoms in total. The Morgan fingerprint density at radius 3 is 2.40 bits per heavy atom. The number of carbonyl (C=O) groups excluding carboxylic acids is 1. The van der Waals surface area contributed by atoms with Gasteiger partial charge in [-0.25, -0.2) is 0 Å². The van der Waals surface area contributed by atoms with E-state index < -0.39 is 5.41 Å². The van der Waals surface area contributed by atoms with E-state index in [-0.39, 0.29) is 5.91 Å². The molecule has 2 atom stereocenters.